The highest BCUT2D eigenvalue weighted by Crippen LogP contribution is 2.26. The van der Waals surface area contributed by atoms with Crippen molar-refractivity contribution < 1.29 is 5.11 Å². The zero-order chi connectivity index (χ0) is 13.8. The summed E-state index contributed by atoms with van der Waals surface area (Å²) in [6, 6.07) is 14.1. The Morgan fingerprint density at radius 1 is 1.16 bits per heavy atom. The minimum atomic E-state index is -0.702. The lowest BCUT2D eigenvalue weighted by Gasteiger charge is -2.12. The van der Waals surface area contributed by atoms with E-state index in [1.165, 1.54) is 0 Å². The van der Waals surface area contributed by atoms with Crippen molar-refractivity contribution in [3.8, 4) is 6.07 Å². The third-order valence-electron chi connectivity index (χ3n) is 2.83. The number of hydrogen-bond donors (Lipinski definition) is 1. The van der Waals surface area contributed by atoms with Gasteiger partial charge in [-0.1, -0.05) is 41.4 Å². The summed E-state index contributed by atoms with van der Waals surface area (Å²) in [5.74, 6) is 0. The molecule has 0 radical (unpaired) electrons. The maximum atomic E-state index is 10.2. The van der Waals surface area contributed by atoms with E-state index in [9.17, 15) is 5.11 Å². The number of nitrogens with zero attached hydrogens (tertiary/aromatic N) is 1. The second-order valence-corrected chi connectivity index (χ2v) is 5.04. The average molecular weight is 292 g/mol. The molecule has 1 N–H and O–H groups in total. The quantitative estimate of drug-likeness (QED) is 0.924. The third kappa shape index (κ3) is 3.48. The van der Waals surface area contributed by atoms with Gasteiger partial charge in [-0.15, -0.1) is 0 Å². The zero-order valence-electron chi connectivity index (χ0n) is 9.98. The predicted molar refractivity (Wildman–Crippen MR) is 76.3 cm³/mol. The summed E-state index contributed by atoms with van der Waals surface area (Å²) in [6.45, 7) is 0. The van der Waals surface area contributed by atoms with Crippen LogP contribution in [0.2, 0.25) is 10.0 Å². The van der Waals surface area contributed by atoms with Crippen LogP contribution in [0.4, 0.5) is 0 Å². The molecule has 0 saturated heterocycles. The lowest BCUT2D eigenvalue weighted by Crippen LogP contribution is -2.02. The number of halogens is 2. The fraction of sp³-hybridized carbons (Fsp3) is 0.133. The van der Waals surface area contributed by atoms with Gasteiger partial charge in [-0.2, -0.15) is 5.26 Å². The van der Waals surface area contributed by atoms with Crippen LogP contribution in [0.5, 0.6) is 0 Å². The molecule has 2 nitrogen and oxygen atoms in total. The van der Waals surface area contributed by atoms with Gasteiger partial charge < -0.3 is 5.11 Å². The van der Waals surface area contributed by atoms with Crippen LogP contribution in [0.3, 0.4) is 0 Å². The molecule has 0 spiro atoms. The molecule has 0 aromatic heterocycles. The van der Waals surface area contributed by atoms with Gasteiger partial charge in [0.2, 0.25) is 0 Å². The van der Waals surface area contributed by atoms with Crippen LogP contribution < -0.4 is 0 Å². The van der Waals surface area contributed by atoms with Gasteiger partial charge in [-0.3, -0.25) is 0 Å². The molecule has 0 fully saturated rings. The van der Waals surface area contributed by atoms with Crippen LogP contribution in [0.1, 0.15) is 22.8 Å². The summed E-state index contributed by atoms with van der Waals surface area (Å²) in [6.07, 6.45) is -0.322. The Morgan fingerprint density at radius 2 is 1.95 bits per heavy atom. The fourth-order valence-electron chi connectivity index (χ4n) is 1.83. The van der Waals surface area contributed by atoms with Gasteiger partial charge in [0.05, 0.1) is 17.7 Å². The Labute approximate surface area is 121 Å². The summed E-state index contributed by atoms with van der Waals surface area (Å²) in [4.78, 5) is 0. The van der Waals surface area contributed by atoms with Crippen LogP contribution in [-0.4, -0.2) is 5.11 Å². The molecule has 0 bridgehead atoms. The van der Waals surface area contributed by atoms with E-state index in [1.807, 2.05) is 0 Å². The van der Waals surface area contributed by atoms with Crippen LogP contribution in [0.25, 0.3) is 0 Å². The van der Waals surface area contributed by atoms with Crippen LogP contribution in [0.15, 0.2) is 42.5 Å². The number of hydrogen-bond acceptors (Lipinski definition) is 2. The van der Waals surface area contributed by atoms with Gasteiger partial charge >= 0.3 is 0 Å². The van der Waals surface area contributed by atoms with Gasteiger partial charge in [0, 0.05) is 16.5 Å². The van der Waals surface area contributed by atoms with Crippen molar-refractivity contribution in [1.82, 2.24) is 0 Å². The van der Waals surface area contributed by atoms with Crippen molar-refractivity contribution in [3.05, 3.63) is 69.2 Å². The Hall–Kier alpha value is -1.53. The van der Waals surface area contributed by atoms with Gasteiger partial charge in [-0.05, 0) is 35.4 Å². The molecule has 1 atom stereocenters. The molecule has 0 aliphatic carbocycles. The van der Waals surface area contributed by atoms with Gasteiger partial charge in [0.15, 0.2) is 0 Å². The SMILES string of the molecule is N#Cc1cccc(C(O)Cc2ccc(Cl)cc2Cl)c1. The molecule has 0 aliphatic heterocycles. The molecule has 0 aliphatic rings. The summed E-state index contributed by atoms with van der Waals surface area (Å²) in [5, 5.41) is 20.1. The minimum Gasteiger partial charge on any atom is -0.388 e. The van der Waals surface area contributed by atoms with E-state index >= 15 is 0 Å². The first-order chi connectivity index (χ1) is 9.10. The summed E-state index contributed by atoms with van der Waals surface area (Å²) in [7, 11) is 0. The van der Waals surface area contributed by atoms with E-state index in [2.05, 4.69) is 6.07 Å². The molecule has 0 heterocycles. The molecular formula is C15H11Cl2NO. The van der Waals surface area contributed by atoms with E-state index in [1.54, 1.807) is 42.5 Å². The molecule has 4 heteroatoms. The van der Waals surface area contributed by atoms with Crippen LogP contribution >= 0.6 is 23.2 Å². The van der Waals surface area contributed by atoms with E-state index in [0.29, 0.717) is 27.6 Å². The second-order valence-electron chi connectivity index (χ2n) is 4.19. The highest BCUT2D eigenvalue weighted by atomic mass is 35.5. The highest BCUT2D eigenvalue weighted by Gasteiger charge is 2.11. The maximum Gasteiger partial charge on any atom is 0.0991 e. The molecular weight excluding hydrogens is 281 g/mol. The third-order valence-corrected chi connectivity index (χ3v) is 3.42. The average Bonchev–Trinajstić information content (AvgIpc) is 2.42. The van der Waals surface area contributed by atoms with E-state index in [4.69, 9.17) is 28.5 Å². The molecule has 0 saturated carbocycles. The first kappa shape index (κ1) is 13.9. The monoisotopic (exact) mass is 291 g/mol. The minimum absolute atomic E-state index is 0.380. The first-order valence-electron chi connectivity index (χ1n) is 5.72. The van der Waals surface area contributed by atoms with Crippen molar-refractivity contribution in [1.29, 1.82) is 5.26 Å². The molecule has 2 aromatic carbocycles. The molecule has 2 aromatic rings. The van der Waals surface area contributed by atoms with Crippen molar-refractivity contribution in [2.75, 3.05) is 0 Å². The fourth-order valence-corrected chi connectivity index (χ4v) is 2.31. The second kappa shape index (κ2) is 6.08. The standard InChI is InChI=1S/C15H11Cl2NO/c16-13-5-4-11(14(17)8-13)7-15(19)12-3-1-2-10(6-12)9-18/h1-6,8,15,19H,7H2. The number of nitriles is 1. The van der Waals surface area contributed by atoms with Crippen LogP contribution in [0, 0.1) is 11.3 Å². The summed E-state index contributed by atoms with van der Waals surface area (Å²) < 4.78 is 0. The maximum absolute atomic E-state index is 10.2. The predicted octanol–water partition coefficient (Wildman–Crippen LogP) is 4.14. The van der Waals surface area contributed by atoms with E-state index < -0.39 is 6.10 Å². The van der Waals surface area contributed by atoms with Gasteiger partial charge in [0.1, 0.15) is 0 Å². The number of rotatable bonds is 3. The van der Waals surface area contributed by atoms with Crippen molar-refractivity contribution in [2.24, 2.45) is 0 Å². The summed E-state index contributed by atoms with van der Waals surface area (Å²) >= 11 is 11.9. The van der Waals surface area contributed by atoms with Gasteiger partial charge in [0.25, 0.3) is 0 Å². The van der Waals surface area contributed by atoms with Gasteiger partial charge in [-0.25, -0.2) is 0 Å². The highest BCUT2D eigenvalue weighted by molar-refractivity contribution is 6.35. The largest absolute Gasteiger partial charge is 0.388 e. The molecule has 1 unspecified atom stereocenters. The molecule has 2 rings (SSSR count). The Bertz CT molecular complexity index is 634. The van der Waals surface area contributed by atoms with E-state index in [0.717, 1.165) is 5.56 Å². The molecule has 0 amide bonds. The first-order valence-corrected chi connectivity index (χ1v) is 6.48. The lowest BCUT2D eigenvalue weighted by atomic mass is 10.00. The normalized spacial score (nSPS) is 11.9. The van der Waals surface area contributed by atoms with Crippen molar-refractivity contribution in [3.63, 3.8) is 0 Å². The Morgan fingerprint density at radius 3 is 2.63 bits per heavy atom. The van der Waals surface area contributed by atoms with E-state index in [-0.39, 0.29) is 0 Å². The molecule has 96 valence electrons. The summed E-state index contributed by atoms with van der Waals surface area (Å²) in [5.41, 5.74) is 2.05. The zero-order valence-corrected chi connectivity index (χ0v) is 11.5. The topological polar surface area (TPSA) is 44.0 Å². The molecule has 19 heavy (non-hydrogen) atoms. The Balaban J connectivity index is 2.20. The lowest BCUT2D eigenvalue weighted by molar-refractivity contribution is 0.178. The van der Waals surface area contributed by atoms with Crippen molar-refractivity contribution in [2.45, 2.75) is 12.5 Å². The number of benzene rings is 2. The number of aliphatic hydroxyl groups excluding tert-OH is 1. The van der Waals surface area contributed by atoms with Crippen LogP contribution in [-0.2, 0) is 6.42 Å². The smallest absolute Gasteiger partial charge is 0.0991 e. The Kier molecular flexibility index (Phi) is 4.44. The van der Waals surface area contributed by atoms with Crippen molar-refractivity contribution >= 4 is 23.2 Å². The number of aliphatic hydroxyl groups is 1.